The summed E-state index contributed by atoms with van der Waals surface area (Å²) in [5.74, 6) is 0.959. The number of anilines is 1. The highest BCUT2D eigenvalue weighted by Crippen LogP contribution is 2.26. The number of hydrogen-bond acceptors (Lipinski definition) is 6. The zero-order valence-electron chi connectivity index (χ0n) is 13.9. The quantitative estimate of drug-likeness (QED) is 0.558. The van der Waals surface area contributed by atoms with E-state index in [1.54, 1.807) is 23.9 Å². The van der Waals surface area contributed by atoms with E-state index in [1.807, 2.05) is 36.6 Å². The number of carbonyl (C=O) groups is 1. The van der Waals surface area contributed by atoms with E-state index in [0.29, 0.717) is 23.0 Å². The number of hydrogen-bond donors (Lipinski definition) is 1. The second kappa shape index (κ2) is 7.40. The van der Waals surface area contributed by atoms with Crippen molar-refractivity contribution in [3.05, 3.63) is 53.9 Å². The average Bonchev–Trinajstić information content (AvgIpc) is 2.65. The van der Waals surface area contributed by atoms with Crippen molar-refractivity contribution < 1.29 is 19.3 Å². The number of benzene rings is 2. The minimum atomic E-state index is -0.480. The van der Waals surface area contributed by atoms with E-state index < -0.39 is 5.97 Å². The highest BCUT2D eigenvalue weighted by molar-refractivity contribution is 7.98. The summed E-state index contributed by atoms with van der Waals surface area (Å²) in [5, 5.41) is 0.826. The predicted octanol–water partition coefficient (Wildman–Crippen LogP) is 2.72. The highest BCUT2D eigenvalue weighted by Gasteiger charge is 2.17. The molecule has 0 aliphatic rings. The highest BCUT2D eigenvalue weighted by atomic mass is 32.2. The van der Waals surface area contributed by atoms with Gasteiger partial charge in [-0.3, -0.25) is 0 Å². The molecule has 0 spiro atoms. The smallest absolute Gasteiger partial charge is 0.342 e. The molecule has 0 aliphatic heterocycles. The number of fused-ring (bicyclic) bond motifs is 1. The maximum atomic E-state index is 12.4. The zero-order chi connectivity index (χ0) is 17.8. The Kier molecular flexibility index (Phi) is 5.04. The van der Waals surface area contributed by atoms with Crippen molar-refractivity contribution in [2.24, 2.45) is 0 Å². The first-order chi connectivity index (χ1) is 12.1. The molecule has 0 radical (unpaired) electrons. The van der Waals surface area contributed by atoms with Crippen LogP contribution in [0.4, 0.5) is 5.82 Å². The molecule has 1 aromatic heterocycles. The Bertz CT molecular complexity index is 931. The van der Waals surface area contributed by atoms with Gasteiger partial charge in [0.1, 0.15) is 11.3 Å². The zero-order valence-corrected chi connectivity index (χ0v) is 14.7. The van der Waals surface area contributed by atoms with Crippen LogP contribution in [0.15, 0.2) is 47.4 Å². The first-order valence-electron chi connectivity index (χ1n) is 7.58. The molecule has 6 nitrogen and oxygen atoms in total. The largest absolute Gasteiger partial charge is 0.496 e. The van der Waals surface area contributed by atoms with Gasteiger partial charge >= 0.3 is 5.97 Å². The fraction of sp³-hybridized carbons (Fsp3) is 0.167. The van der Waals surface area contributed by atoms with Gasteiger partial charge in [0.2, 0.25) is 5.82 Å². The molecule has 0 amide bonds. The lowest BCUT2D eigenvalue weighted by atomic mass is 10.2. The summed E-state index contributed by atoms with van der Waals surface area (Å²) in [6.07, 6.45) is 1.96. The van der Waals surface area contributed by atoms with E-state index in [9.17, 15) is 4.79 Å². The van der Waals surface area contributed by atoms with Gasteiger partial charge in [0.25, 0.3) is 5.82 Å². The Morgan fingerprint density at radius 2 is 2.08 bits per heavy atom. The van der Waals surface area contributed by atoms with Gasteiger partial charge in [-0.2, -0.15) is 0 Å². The fourth-order valence-electron chi connectivity index (χ4n) is 2.44. The van der Waals surface area contributed by atoms with Crippen molar-refractivity contribution >= 4 is 34.5 Å². The van der Waals surface area contributed by atoms with E-state index in [-0.39, 0.29) is 6.61 Å². The Morgan fingerprint density at radius 3 is 2.84 bits per heavy atom. The summed E-state index contributed by atoms with van der Waals surface area (Å²) in [5.41, 5.74) is 7.11. The normalized spacial score (nSPS) is 10.6. The molecule has 3 N–H and O–H groups in total. The van der Waals surface area contributed by atoms with Gasteiger partial charge in [-0.05, 0) is 36.6 Å². The Hall–Kier alpha value is -2.80. The number of nitrogens with zero attached hydrogens (tertiary/aromatic N) is 1. The SMILES string of the molecule is COc1cc(SC)ccc1C(=O)OCc1nc2ccccc2c(N)[nH+]1. The van der Waals surface area contributed by atoms with Crippen LogP contribution in [0.25, 0.3) is 10.9 Å². The summed E-state index contributed by atoms with van der Waals surface area (Å²) in [6, 6.07) is 12.8. The van der Waals surface area contributed by atoms with Crippen LogP contribution >= 0.6 is 11.8 Å². The standard InChI is InChI=1S/C18H17N3O3S/c1-23-15-9-11(25-2)7-8-13(15)18(22)24-10-16-20-14-6-4-3-5-12(14)17(19)21-16/h3-9H,10H2,1-2H3,(H2,19,20,21)/p+1. The number of nitrogens with one attached hydrogen (secondary N) is 1. The number of H-pyrrole nitrogens is 1. The van der Waals surface area contributed by atoms with Crippen LogP contribution in [-0.4, -0.2) is 24.3 Å². The van der Waals surface area contributed by atoms with Crippen LogP contribution in [0, 0.1) is 0 Å². The van der Waals surface area contributed by atoms with Gasteiger partial charge in [0.05, 0.1) is 12.5 Å². The Morgan fingerprint density at radius 1 is 1.28 bits per heavy atom. The van der Waals surface area contributed by atoms with Crippen molar-refractivity contribution in [1.82, 2.24) is 4.98 Å². The Labute approximate surface area is 149 Å². The van der Waals surface area contributed by atoms with E-state index in [4.69, 9.17) is 15.2 Å². The maximum Gasteiger partial charge on any atom is 0.342 e. The van der Waals surface area contributed by atoms with Crippen LogP contribution in [0.3, 0.4) is 0 Å². The molecule has 0 aliphatic carbocycles. The third-order valence-electron chi connectivity index (χ3n) is 3.70. The molecule has 2 aromatic carbocycles. The van der Waals surface area contributed by atoms with E-state index in [0.717, 1.165) is 15.8 Å². The molecule has 25 heavy (non-hydrogen) atoms. The summed E-state index contributed by atoms with van der Waals surface area (Å²) in [7, 11) is 1.52. The van der Waals surface area contributed by atoms with Crippen molar-refractivity contribution in [2.45, 2.75) is 11.5 Å². The molecule has 1 heterocycles. The van der Waals surface area contributed by atoms with Crippen molar-refractivity contribution in [3.63, 3.8) is 0 Å². The molecule has 0 saturated heterocycles. The van der Waals surface area contributed by atoms with Gasteiger partial charge < -0.3 is 15.2 Å². The Balaban J connectivity index is 1.79. The van der Waals surface area contributed by atoms with Crippen molar-refractivity contribution in [2.75, 3.05) is 19.1 Å². The van der Waals surface area contributed by atoms with Crippen LogP contribution in [0.2, 0.25) is 0 Å². The number of aromatic nitrogens is 2. The molecule has 3 aromatic rings. The summed E-state index contributed by atoms with van der Waals surface area (Å²) < 4.78 is 10.6. The number of esters is 1. The number of carbonyl (C=O) groups excluding carboxylic acids is 1. The van der Waals surface area contributed by atoms with Crippen LogP contribution in [0.1, 0.15) is 16.2 Å². The van der Waals surface area contributed by atoms with Gasteiger partial charge in [0, 0.05) is 4.90 Å². The summed E-state index contributed by atoms with van der Waals surface area (Å²) >= 11 is 1.57. The summed E-state index contributed by atoms with van der Waals surface area (Å²) in [6.45, 7) is -0.0126. The van der Waals surface area contributed by atoms with Gasteiger partial charge in [-0.1, -0.05) is 12.1 Å². The molecule has 7 heteroatoms. The first-order valence-corrected chi connectivity index (χ1v) is 8.80. The average molecular weight is 356 g/mol. The number of rotatable bonds is 5. The number of nitrogens with two attached hydrogens (primary N) is 1. The molecule has 0 bridgehead atoms. The monoisotopic (exact) mass is 356 g/mol. The topological polar surface area (TPSA) is 88.6 Å². The number of aromatic amines is 1. The molecule has 0 atom stereocenters. The number of para-hydroxylation sites is 1. The minimum Gasteiger partial charge on any atom is -0.496 e. The molecule has 0 saturated carbocycles. The molecule has 0 unspecified atom stereocenters. The molecular formula is C18H18N3O3S+. The second-order valence-electron chi connectivity index (χ2n) is 5.26. The van der Waals surface area contributed by atoms with E-state index in [2.05, 4.69) is 9.97 Å². The third kappa shape index (κ3) is 3.66. The van der Waals surface area contributed by atoms with Crippen molar-refractivity contribution in [1.29, 1.82) is 0 Å². The van der Waals surface area contributed by atoms with Gasteiger partial charge in [-0.15, -0.1) is 16.7 Å². The van der Waals surface area contributed by atoms with Crippen LogP contribution in [-0.2, 0) is 11.3 Å². The predicted molar refractivity (Wildman–Crippen MR) is 96.6 cm³/mol. The van der Waals surface area contributed by atoms with Gasteiger partial charge in [0.15, 0.2) is 12.1 Å². The van der Waals surface area contributed by atoms with Gasteiger partial charge in [-0.25, -0.2) is 9.78 Å². The fourth-order valence-corrected chi connectivity index (χ4v) is 2.87. The van der Waals surface area contributed by atoms with Crippen LogP contribution in [0.5, 0.6) is 5.75 Å². The molecule has 3 rings (SSSR count). The third-order valence-corrected chi connectivity index (χ3v) is 4.42. The van der Waals surface area contributed by atoms with Crippen molar-refractivity contribution in [3.8, 4) is 5.75 Å². The summed E-state index contributed by atoms with van der Waals surface area (Å²) in [4.78, 5) is 20.8. The molecular weight excluding hydrogens is 338 g/mol. The lowest BCUT2D eigenvalue weighted by molar-refractivity contribution is -0.381. The van der Waals surface area contributed by atoms with E-state index >= 15 is 0 Å². The molecule has 128 valence electrons. The number of ether oxygens (including phenoxy) is 2. The number of thioether (sulfide) groups is 1. The minimum absolute atomic E-state index is 0.0126. The first kappa shape index (κ1) is 17.0. The number of nitrogen functional groups attached to an aromatic ring is 1. The lowest BCUT2D eigenvalue weighted by Crippen LogP contribution is -2.21. The second-order valence-corrected chi connectivity index (χ2v) is 6.14. The van der Waals surface area contributed by atoms with E-state index in [1.165, 1.54) is 7.11 Å². The van der Waals surface area contributed by atoms with Crippen LogP contribution < -0.4 is 15.5 Å². The number of methoxy groups -OCH3 is 1. The lowest BCUT2D eigenvalue weighted by Gasteiger charge is -2.09. The maximum absolute atomic E-state index is 12.4. The molecule has 0 fully saturated rings.